The predicted octanol–water partition coefficient (Wildman–Crippen LogP) is 0.432. The Morgan fingerprint density at radius 3 is 3.04 bits per heavy atom. The van der Waals surface area contributed by atoms with Crippen LogP contribution < -0.4 is 5.56 Å². The molecule has 2 N–H and O–H groups in total. The minimum Gasteiger partial charge on any atom is -0.396 e. The van der Waals surface area contributed by atoms with Gasteiger partial charge in [-0.1, -0.05) is 13.3 Å². The summed E-state index contributed by atoms with van der Waals surface area (Å²) < 4.78 is 1.16. The number of H-pyrrole nitrogens is 1. The van der Waals surface area contributed by atoms with Crippen LogP contribution >= 0.6 is 0 Å². The van der Waals surface area contributed by atoms with E-state index < -0.39 is 5.56 Å². The number of aromatic nitrogens is 4. The van der Waals surface area contributed by atoms with E-state index in [4.69, 9.17) is 0 Å². The number of nitrogens with one attached hydrogen (secondary N) is 1. The van der Waals surface area contributed by atoms with Crippen LogP contribution in [0, 0.1) is 5.41 Å². The van der Waals surface area contributed by atoms with Gasteiger partial charge in [-0.05, 0) is 19.3 Å². The monoisotopic (exact) mass is 319 g/mol. The van der Waals surface area contributed by atoms with Gasteiger partial charge < -0.3 is 10.0 Å². The lowest BCUT2D eigenvalue weighted by molar-refractivity contribution is 0.0221. The van der Waals surface area contributed by atoms with Crippen LogP contribution in [0.25, 0.3) is 5.78 Å². The highest BCUT2D eigenvalue weighted by Gasteiger charge is 2.36. The van der Waals surface area contributed by atoms with Crippen LogP contribution in [-0.2, 0) is 0 Å². The third kappa shape index (κ3) is 2.74. The molecule has 1 saturated heterocycles. The summed E-state index contributed by atoms with van der Waals surface area (Å²) in [6.45, 7) is 3.19. The van der Waals surface area contributed by atoms with E-state index in [1.54, 1.807) is 4.90 Å². The van der Waals surface area contributed by atoms with Crippen LogP contribution in [-0.4, -0.2) is 55.2 Å². The van der Waals surface area contributed by atoms with Gasteiger partial charge in [0, 0.05) is 24.7 Å². The Labute approximate surface area is 133 Å². The first-order valence-corrected chi connectivity index (χ1v) is 7.91. The van der Waals surface area contributed by atoms with E-state index in [0.29, 0.717) is 13.1 Å². The summed E-state index contributed by atoms with van der Waals surface area (Å²) in [7, 11) is 0. The quantitative estimate of drug-likeness (QED) is 0.850. The smallest absolute Gasteiger partial charge is 0.286 e. The molecule has 2 aromatic heterocycles. The topological polar surface area (TPSA) is 104 Å². The number of nitrogens with zero attached hydrogens (tertiary/aromatic N) is 4. The maximum atomic E-state index is 12.8. The van der Waals surface area contributed by atoms with Gasteiger partial charge in [0.05, 0.1) is 6.61 Å². The number of aliphatic hydroxyl groups is 1. The van der Waals surface area contributed by atoms with Gasteiger partial charge in [-0.15, -0.1) is 0 Å². The van der Waals surface area contributed by atoms with Gasteiger partial charge in [-0.3, -0.25) is 14.7 Å². The Balaban J connectivity index is 1.89. The molecule has 3 heterocycles. The standard InChI is InChI=1S/C15H21N5O3/c1-2-4-15(9-21)5-3-6-19(8-15)12(22)11-7-16-14-17-10-18-20(14)13(11)23/h7,10,21H,2-6,8-9H2,1H3,(H,16,17,18)/t15-/m1/s1. The Kier molecular flexibility index (Phi) is 4.16. The number of aliphatic hydroxyl groups excluding tert-OH is 1. The second kappa shape index (κ2) is 6.11. The predicted molar refractivity (Wildman–Crippen MR) is 83.2 cm³/mol. The molecule has 0 unspecified atom stereocenters. The molecule has 3 rings (SSSR count). The van der Waals surface area contributed by atoms with Gasteiger partial charge in [0.15, 0.2) is 0 Å². The molecule has 8 heteroatoms. The molecular weight excluding hydrogens is 298 g/mol. The third-order valence-electron chi connectivity index (χ3n) is 4.60. The van der Waals surface area contributed by atoms with Gasteiger partial charge in [-0.2, -0.15) is 4.52 Å². The minimum atomic E-state index is -0.451. The summed E-state index contributed by atoms with van der Waals surface area (Å²) >= 11 is 0. The molecule has 1 aliphatic heterocycles. The average Bonchev–Trinajstić information content (AvgIpc) is 3.05. The fourth-order valence-electron chi connectivity index (χ4n) is 3.44. The van der Waals surface area contributed by atoms with E-state index in [1.165, 1.54) is 12.5 Å². The number of aromatic amines is 1. The normalized spacial score (nSPS) is 21.7. The summed E-state index contributed by atoms with van der Waals surface area (Å²) in [5, 5.41) is 12.4. The minimum absolute atomic E-state index is 0.0250. The second-order valence-electron chi connectivity index (χ2n) is 6.24. The summed E-state index contributed by atoms with van der Waals surface area (Å²) in [6.07, 6.45) is 6.19. The number of carbonyl (C=O) groups excluding carboxylic acids is 1. The van der Waals surface area contributed by atoms with Crippen LogP contribution in [0.15, 0.2) is 17.3 Å². The first kappa shape index (κ1) is 15.7. The maximum Gasteiger partial charge on any atom is 0.286 e. The Bertz CT molecular complexity index is 764. The molecule has 8 nitrogen and oxygen atoms in total. The number of likely N-dealkylation sites (tertiary alicyclic amines) is 1. The third-order valence-corrected chi connectivity index (χ3v) is 4.60. The van der Waals surface area contributed by atoms with E-state index in [2.05, 4.69) is 22.0 Å². The van der Waals surface area contributed by atoms with Gasteiger partial charge >= 0.3 is 0 Å². The number of piperidine rings is 1. The van der Waals surface area contributed by atoms with Crippen molar-refractivity contribution in [2.24, 2.45) is 5.41 Å². The molecule has 1 fully saturated rings. The first-order valence-electron chi connectivity index (χ1n) is 7.91. The zero-order valence-electron chi connectivity index (χ0n) is 13.2. The molecule has 2 aromatic rings. The summed E-state index contributed by atoms with van der Waals surface area (Å²) in [5.74, 6) is -0.0963. The Morgan fingerprint density at radius 2 is 2.30 bits per heavy atom. The van der Waals surface area contributed by atoms with Gasteiger partial charge in [0.2, 0.25) is 0 Å². The molecule has 124 valence electrons. The van der Waals surface area contributed by atoms with Crippen LogP contribution in [0.2, 0.25) is 0 Å². The number of hydrogen-bond donors (Lipinski definition) is 2. The molecule has 1 atom stereocenters. The lowest BCUT2D eigenvalue weighted by Gasteiger charge is -2.41. The van der Waals surface area contributed by atoms with E-state index in [9.17, 15) is 14.7 Å². The number of hydrogen-bond acceptors (Lipinski definition) is 5. The van der Waals surface area contributed by atoms with E-state index in [1.807, 2.05) is 0 Å². The van der Waals surface area contributed by atoms with Gasteiger partial charge in [0.1, 0.15) is 11.9 Å². The molecule has 0 radical (unpaired) electrons. The van der Waals surface area contributed by atoms with Crippen molar-refractivity contribution < 1.29 is 9.90 Å². The maximum absolute atomic E-state index is 12.8. The first-order chi connectivity index (χ1) is 11.1. The Hall–Kier alpha value is -2.22. The lowest BCUT2D eigenvalue weighted by Crippen LogP contribution is -2.49. The van der Waals surface area contributed by atoms with Crippen LogP contribution in [0.1, 0.15) is 43.0 Å². The van der Waals surface area contributed by atoms with Crippen LogP contribution in [0.3, 0.4) is 0 Å². The van der Waals surface area contributed by atoms with Crippen molar-refractivity contribution in [1.82, 2.24) is 24.5 Å². The highest BCUT2D eigenvalue weighted by Crippen LogP contribution is 2.34. The number of fused-ring (bicyclic) bond motifs is 1. The van der Waals surface area contributed by atoms with E-state index in [-0.39, 0.29) is 29.3 Å². The zero-order chi connectivity index (χ0) is 16.4. The van der Waals surface area contributed by atoms with Crippen LogP contribution in [0.4, 0.5) is 0 Å². The Morgan fingerprint density at radius 1 is 1.48 bits per heavy atom. The van der Waals surface area contributed by atoms with Crippen molar-refractivity contribution in [3.63, 3.8) is 0 Å². The highest BCUT2D eigenvalue weighted by molar-refractivity contribution is 5.93. The average molecular weight is 319 g/mol. The van der Waals surface area contributed by atoms with Crippen molar-refractivity contribution in [3.8, 4) is 0 Å². The molecule has 0 bridgehead atoms. The molecule has 23 heavy (non-hydrogen) atoms. The van der Waals surface area contributed by atoms with E-state index in [0.717, 1.165) is 30.2 Å². The molecule has 0 spiro atoms. The van der Waals surface area contributed by atoms with Crippen molar-refractivity contribution in [1.29, 1.82) is 0 Å². The largest absolute Gasteiger partial charge is 0.396 e. The highest BCUT2D eigenvalue weighted by atomic mass is 16.3. The van der Waals surface area contributed by atoms with Gasteiger partial charge in [-0.25, -0.2) is 9.97 Å². The van der Waals surface area contributed by atoms with Crippen molar-refractivity contribution in [3.05, 3.63) is 28.4 Å². The fraction of sp³-hybridized carbons (Fsp3) is 0.600. The molecule has 1 aliphatic rings. The molecular formula is C15H21N5O3. The molecule has 0 aliphatic carbocycles. The number of amides is 1. The second-order valence-corrected chi connectivity index (χ2v) is 6.24. The molecule has 1 amide bonds. The van der Waals surface area contributed by atoms with Crippen molar-refractivity contribution in [2.75, 3.05) is 19.7 Å². The summed E-state index contributed by atoms with van der Waals surface area (Å²) in [6, 6.07) is 0. The van der Waals surface area contributed by atoms with Crippen molar-refractivity contribution in [2.45, 2.75) is 32.6 Å². The van der Waals surface area contributed by atoms with Crippen molar-refractivity contribution >= 4 is 11.7 Å². The zero-order valence-corrected chi connectivity index (χ0v) is 13.2. The SMILES string of the molecule is CCC[C@@]1(CO)CCCN(C(=O)c2cnc3nc[nH]n3c2=O)C1. The summed E-state index contributed by atoms with van der Waals surface area (Å²) in [5.41, 5.74) is -0.685. The number of rotatable bonds is 4. The molecule has 0 saturated carbocycles. The van der Waals surface area contributed by atoms with Gasteiger partial charge in [0.25, 0.3) is 17.2 Å². The summed E-state index contributed by atoms with van der Waals surface area (Å²) in [4.78, 5) is 34.7. The number of carbonyl (C=O) groups is 1. The van der Waals surface area contributed by atoms with Crippen LogP contribution in [0.5, 0.6) is 0 Å². The lowest BCUT2D eigenvalue weighted by atomic mass is 9.77. The fourth-order valence-corrected chi connectivity index (χ4v) is 3.44. The van der Waals surface area contributed by atoms with E-state index >= 15 is 0 Å². The molecule has 0 aromatic carbocycles.